The molecule has 2 fully saturated rings. The first-order chi connectivity index (χ1) is 13.5. The molecule has 3 unspecified atom stereocenters. The van der Waals surface area contributed by atoms with Crippen LogP contribution in [0.25, 0.3) is 0 Å². The molecule has 4 heteroatoms. The molecule has 0 radical (unpaired) electrons. The molecule has 0 aromatic heterocycles. The Bertz CT molecular complexity index is 870. The van der Waals surface area contributed by atoms with E-state index in [9.17, 15) is 14.7 Å². The maximum absolute atomic E-state index is 13.0. The van der Waals surface area contributed by atoms with Crippen LogP contribution in [0, 0.1) is 18.8 Å². The lowest BCUT2D eigenvalue weighted by Crippen LogP contribution is -2.38. The minimum Gasteiger partial charge on any atom is -0.481 e. The van der Waals surface area contributed by atoms with Crippen LogP contribution < -0.4 is 5.32 Å². The molecule has 0 aliphatic heterocycles. The Morgan fingerprint density at radius 2 is 1.64 bits per heavy atom. The summed E-state index contributed by atoms with van der Waals surface area (Å²) in [5, 5.41) is 12.6. The summed E-state index contributed by atoms with van der Waals surface area (Å²) in [5.74, 6) is -1.34. The number of aliphatic carboxylic acids is 1. The van der Waals surface area contributed by atoms with Gasteiger partial charge in [0.15, 0.2) is 0 Å². The Morgan fingerprint density at radius 3 is 2.29 bits per heavy atom. The number of carbonyl (C=O) groups excluding carboxylic acids is 1. The molecule has 4 rings (SSSR count). The molecular formula is C24H27NO3. The highest BCUT2D eigenvalue weighted by Crippen LogP contribution is 2.40. The molecule has 146 valence electrons. The number of rotatable bonds is 6. The van der Waals surface area contributed by atoms with Crippen molar-refractivity contribution in [2.75, 3.05) is 0 Å². The molecule has 0 bridgehead atoms. The highest BCUT2D eigenvalue weighted by molar-refractivity contribution is 5.85. The van der Waals surface area contributed by atoms with Crippen LogP contribution >= 0.6 is 0 Å². The van der Waals surface area contributed by atoms with E-state index in [4.69, 9.17) is 0 Å². The topological polar surface area (TPSA) is 66.4 Å². The number of carbonyl (C=O) groups is 2. The van der Waals surface area contributed by atoms with Gasteiger partial charge in [0.2, 0.25) is 5.91 Å². The highest BCUT2D eigenvalue weighted by Gasteiger charge is 2.38. The van der Waals surface area contributed by atoms with Gasteiger partial charge in [-0.1, -0.05) is 55.0 Å². The number of amides is 1. The Kier molecular flexibility index (Phi) is 5.21. The molecule has 2 saturated carbocycles. The molecule has 2 N–H and O–H groups in total. The van der Waals surface area contributed by atoms with Gasteiger partial charge in [0.1, 0.15) is 0 Å². The van der Waals surface area contributed by atoms with Gasteiger partial charge in [-0.05, 0) is 60.8 Å². The van der Waals surface area contributed by atoms with Crippen LogP contribution in [0.4, 0.5) is 0 Å². The van der Waals surface area contributed by atoms with Crippen molar-refractivity contribution in [2.45, 2.75) is 51.0 Å². The van der Waals surface area contributed by atoms with Crippen molar-refractivity contribution < 1.29 is 14.7 Å². The lowest BCUT2D eigenvalue weighted by atomic mass is 9.91. The molecule has 2 aromatic rings. The predicted octanol–water partition coefficient (Wildman–Crippen LogP) is 4.58. The van der Waals surface area contributed by atoms with E-state index in [1.165, 1.54) is 18.4 Å². The number of carboxylic acids is 1. The minimum absolute atomic E-state index is 0.149. The van der Waals surface area contributed by atoms with E-state index in [0.717, 1.165) is 23.1 Å². The van der Waals surface area contributed by atoms with E-state index in [1.807, 2.05) is 31.2 Å². The number of hydrogen-bond donors (Lipinski definition) is 2. The average molecular weight is 377 g/mol. The monoisotopic (exact) mass is 377 g/mol. The van der Waals surface area contributed by atoms with E-state index in [-0.39, 0.29) is 11.9 Å². The SMILES string of the molecule is Cc1ccccc1C(NC(=O)C1CCCC1C(=O)O)c1ccc(C2CC2)cc1. The fourth-order valence-electron chi connectivity index (χ4n) is 4.45. The summed E-state index contributed by atoms with van der Waals surface area (Å²) in [7, 11) is 0. The van der Waals surface area contributed by atoms with E-state index in [1.54, 1.807) is 0 Å². The smallest absolute Gasteiger partial charge is 0.307 e. The van der Waals surface area contributed by atoms with Crippen LogP contribution in [0.15, 0.2) is 48.5 Å². The van der Waals surface area contributed by atoms with Crippen molar-refractivity contribution in [3.8, 4) is 0 Å². The van der Waals surface area contributed by atoms with Crippen LogP contribution in [-0.4, -0.2) is 17.0 Å². The Morgan fingerprint density at radius 1 is 0.964 bits per heavy atom. The van der Waals surface area contributed by atoms with Gasteiger partial charge in [-0.25, -0.2) is 0 Å². The molecule has 28 heavy (non-hydrogen) atoms. The first-order valence-corrected chi connectivity index (χ1v) is 10.2. The zero-order chi connectivity index (χ0) is 19.7. The van der Waals surface area contributed by atoms with Gasteiger partial charge in [0.05, 0.1) is 17.9 Å². The molecule has 0 spiro atoms. The van der Waals surface area contributed by atoms with Crippen molar-refractivity contribution in [2.24, 2.45) is 11.8 Å². The van der Waals surface area contributed by atoms with Gasteiger partial charge >= 0.3 is 5.97 Å². The maximum Gasteiger partial charge on any atom is 0.307 e. The van der Waals surface area contributed by atoms with E-state index in [2.05, 4.69) is 29.6 Å². The van der Waals surface area contributed by atoms with E-state index >= 15 is 0 Å². The second-order valence-electron chi connectivity index (χ2n) is 8.22. The Balaban J connectivity index is 1.62. The molecule has 2 aliphatic rings. The van der Waals surface area contributed by atoms with Gasteiger partial charge < -0.3 is 10.4 Å². The third-order valence-corrected chi connectivity index (χ3v) is 6.27. The average Bonchev–Trinajstić information content (AvgIpc) is 3.42. The van der Waals surface area contributed by atoms with Crippen molar-refractivity contribution in [1.82, 2.24) is 5.32 Å². The van der Waals surface area contributed by atoms with Crippen LogP contribution in [0.3, 0.4) is 0 Å². The van der Waals surface area contributed by atoms with Gasteiger partial charge in [-0.2, -0.15) is 0 Å². The largest absolute Gasteiger partial charge is 0.481 e. The second kappa shape index (κ2) is 7.78. The zero-order valence-corrected chi connectivity index (χ0v) is 16.2. The maximum atomic E-state index is 13.0. The van der Waals surface area contributed by atoms with Crippen molar-refractivity contribution in [1.29, 1.82) is 0 Å². The second-order valence-corrected chi connectivity index (χ2v) is 8.22. The number of hydrogen-bond acceptors (Lipinski definition) is 2. The van der Waals surface area contributed by atoms with Gasteiger partial charge in [0, 0.05) is 0 Å². The van der Waals surface area contributed by atoms with Crippen LogP contribution in [0.5, 0.6) is 0 Å². The van der Waals surface area contributed by atoms with Crippen LogP contribution in [-0.2, 0) is 9.59 Å². The molecular weight excluding hydrogens is 350 g/mol. The zero-order valence-electron chi connectivity index (χ0n) is 16.2. The molecule has 0 heterocycles. The van der Waals surface area contributed by atoms with Gasteiger partial charge in [-0.15, -0.1) is 0 Å². The van der Waals surface area contributed by atoms with Gasteiger partial charge in [-0.3, -0.25) is 9.59 Å². The standard InChI is InChI=1S/C24H27NO3/c1-15-5-2-3-6-19(15)22(18-13-11-17(12-14-18)16-9-10-16)25-23(26)20-7-4-8-21(20)24(27)28/h2-3,5-6,11-14,16,20-22H,4,7-10H2,1H3,(H,25,26)(H,27,28). The summed E-state index contributed by atoms with van der Waals surface area (Å²) in [6.45, 7) is 2.04. The summed E-state index contributed by atoms with van der Waals surface area (Å²) in [4.78, 5) is 24.6. The fourth-order valence-corrected chi connectivity index (χ4v) is 4.45. The van der Waals surface area contributed by atoms with Crippen molar-refractivity contribution >= 4 is 11.9 Å². The Hall–Kier alpha value is -2.62. The molecule has 0 saturated heterocycles. The molecule has 2 aromatic carbocycles. The molecule has 2 aliphatic carbocycles. The first kappa shape index (κ1) is 18.7. The first-order valence-electron chi connectivity index (χ1n) is 10.2. The summed E-state index contributed by atoms with van der Waals surface area (Å²) in [5.41, 5.74) is 4.57. The number of aryl methyl sites for hydroxylation is 1. The van der Waals surface area contributed by atoms with E-state index < -0.39 is 17.8 Å². The molecule has 1 amide bonds. The number of carboxylic acid groups (broad SMARTS) is 1. The normalized spacial score (nSPS) is 22.6. The van der Waals surface area contributed by atoms with E-state index in [0.29, 0.717) is 18.8 Å². The quantitative estimate of drug-likeness (QED) is 0.774. The molecule has 4 nitrogen and oxygen atoms in total. The van der Waals surface area contributed by atoms with Crippen molar-refractivity contribution in [3.63, 3.8) is 0 Å². The fraction of sp³-hybridized carbons (Fsp3) is 0.417. The number of nitrogens with one attached hydrogen (secondary N) is 1. The third kappa shape index (κ3) is 3.82. The summed E-state index contributed by atoms with van der Waals surface area (Å²) in [6.07, 6.45) is 4.54. The summed E-state index contributed by atoms with van der Waals surface area (Å²) in [6, 6.07) is 16.3. The highest BCUT2D eigenvalue weighted by atomic mass is 16.4. The lowest BCUT2D eigenvalue weighted by molar-refractivity contribution is -0.146. The summed E-state index contributed by atoms with van der Waals surface area (Å²) >= 11 is 0. The minimum atomic E-state index is -0.862. The molecule has 3 atom stereocenters. The number of benzene rings is 2. The Labute approximate surface area is 166 Å². The lowest BCUT2D eigenvalue weighted by Gasteiger charge is -2.25. The van der Waals surface area contributed by atoms with Crippen molar-refractivity contribution in [3.05, 3.63) is 70.8 Å². The third-order valence-electron chi connectivity index (χ3n) is 6.27. The van der Waals surface area contributed by atoms with Crippen LogP contribution in [0.2, 0.25) is 0 Å². The van der Waals surface area contributed by atoms with Crippen LogP contribution in [0.1, 0.15) is 66.3 Å². The van der Waals surface area contributed by atoms with Gasteiger partial charge in [0.25, 0.3) is 0 Å². The summed E-state index contributed by atoms with van der Waals surface area (Å²) < 4.78 is 0. The predicted molar refractivity (Wildman–Crippen MR) is 108 cm³/mol.